The molecule has 0 bridgehead atoms. The minimum atomic E-state index is -0.681. The quantitative estimate of drug-likeness (QED) is 0.0970. The van der Waals surface area contributed by atoms with Gasteiger partial charge in [0.2, 0.25) is 0 Å². The molecule has 38 heavy (non-hydrogen) atoms. The number of nitrogens with one attached hydrogen (secondary N) is 1. The first-order valence-electron chi connectivity index (χ1n) is 12.0. The molecule has 0 amide bonds. The molecule has 2 aromatic carbocycles. The van der Waals surface area contributed by atoms with Crippen LogP contribution in [0, 0.1) is 20.2 Å². The summed E-state index contributed by atoms with van der Waals surface area (Å²) in [6, 6.07) is 10.7. The minimum Gasteiger partial charge on any atom is -0.489 e. The van der Waals surface area contributed by atoms with Crippen LogP contribution in [0.15, 0.2) is 42.5 Å². The van der Waals surface area contributed by atoms with E-state index in [1.54, 1.807) is 6.07 Å². The maximum absolute atomic E-state index is 11.1. The van der Waals surface area contributed by atoms with Gasteiger partial charge in [-0.2, -0.15) is 0 Å². The number of benzene rings is 2. The normalized spacial score (nSPS) is 10.8. The van der Waals surface area contributed by atoms with Crippen LogP contribution in [0.25, 0.3) is 0 Å². The number of nitro groups is 2. The molecular weight excluding hydrogens is 504 g/mol. The maximum atomic E-state index is 11.1. The summed E-state index contributed by atoms with van der Waals surface area (Å²) < 4.78 is 32.6. The van der Waals surface area contributed by atoms with Gasteiger partial charge < -0.3 is 39.5 Å². The molecule has 0 spiro atoms. The standard InChI is InChI=1S/C24H34N4O10/c25-21-3-1-2-4-24(21)38-18-17-37-16-15-36-14-13-35-12-11-34-10-9-33-8-7-26-22-6-5-20(27(29)30)19-23(22)28(31)32/h1-6,19,26H,7-18,25H2. The topological polar surface area (TPSA) is 180 Å². The molecule has 3 N–H and O–H groups in total. The van der Waals surface area contributed by atoms with Crippen molar-refractivity contribution in [3.05, 3.63) is 62.7 Å². The van der Waals surface area contributed by atoms with Gasteiger partial charge in [0.15, 0.2) is 0 Å². The van der Waals surface area contributed by atoms with Gasteiger partial charge in [-0.05, 0) is 18.2 Å². The Labute approximate surface area is 220 Å². The number of anilines is 2. The predicted molar refractivity (Wildman–Crippen MR) is 139 cm³/mol. The zero-order chi connectivity index (χ0) is 27.4. The molecule has 14 nitrogen and oxygen atoms in total. The molecule has 0 aromatic heterocycles. The molecule has 0 unspecified atom stereocenters. The average molecular weight is 539 g/mol. The second-order valence-electron chi connectivity index (χ2n) is 7.59. The van der Waals surface area contributed by atoms with Crippen LogP contribution in [0.1, 0.15) is 0 Å². The van der Waals surface area contributed by atoms with Gasteiger partial charge in [0, 0.05) is 12.6 Å². The van der Waals surface area contributed by atoms with Crippen molar-refractivity contribution in [1.82, 2.24) is 0 Å². The van der Waals surface area contributed by atoms with Crippen LogP contribution in [0.4, 0.5) is 22.7 Å². The molecule has 0 radical (unpaired) electrons. The summed E-state index contributed by atoms with van der Waals surface area (Å²) >= 11 is 0. The Morgan fingerprint density at radius 2 is 1.21 bits per heavy atom. The summed E-state index contributed by atoms with van der Waals surface area (Å²) in [5.41, 5.74) is 5.87. The van der Waals surface area contributed by atoms with E-state index in [1.807, 2.05) is 18.2 Å². The number of nitrogens with two attached hydrogens (primary N) is 1. The van der Waals surface area contributed by atoms with Gasteiger partial charge in [0.25, 0.3) is 11.4 Å². The fourth-order valence-corrected chi connectivity index (χ4v) is 3.00. The van der Waals surface area contributed by atoms with E-state index in [1.165, 1.54) is 12.1 Å². The first-order valence-corrected chi connectivity index (χ1v) is 12.0. The summed E-state index contributed by atoms with van der Waals surface area (Å²) in [6.07, 6.45) is 0. The van der Waals surface area contributed by atoms with Crippen LogP contribution in [-0.4, -0.2) is 89.1 Å². The van der Waals surface area contributed by atoms with E-state index in [4.69, 9.17) is 34.2 Å². The molecule has 2 rings (SSSR count). The molecule has 0 atom stereocenters. The van der Waals surface area contributed by atoms with Crippen LogP contribution in [0.3, 0.4) is 0 Å². The Kier molecular flexibility index (Phi) is 15.0. The highest BCUT2D eigenvalue weighted by molar-refractivity contribution is 5.65. The van der Waals surface area contributed by atoms with Crippen LogP contribution in [0.5, 0.6) is 5.75 Å². The molecule has 0 aliphatic heterocycles. The molecule has 0 saturated heterocycles. The first kappa shape index (κ1) is 30.7. The number of non-ortho nitro benzene ring substituents is 1. The molecule has 0 saturated carbocycles. The van der Waals surface area contributed by atoms with E-state index < -0.39 is 9.85 Å². The number of hydrogen-bond donors (Lipinski definition) is 2. The fourth-order valence-electron chi connectivity index (χ4n) is 3.00. The van der Waals surface area contributed by atoms with Crippen molar-refractivity contribution in [2.45, 2.75) is 0 Å². The van der Waals surface area contributed by atoms with Crippen molar-refractivity contribution in [3.63, 3.8) is 0 Å². The summed E-state index contributed by atoms with van der Waals surface area (Å²) in [4.78, 5) is 20.5. The van der Waals surface area contributed by atoms with Gasteiger partial charge in [0.05, 0.1) is 87.7 Å². The summed E-state index contributed by atoms with van der Waals surface area (Å²) in [7, 11) is 0. The van der Waals surface area contributed by atoms with Crippen molar-refractivity contribution in [2.24, 2.45) is 0 Å². The number of nitrogen functional groups attached to an aromatic ring is 1. The second kappa shape index (κ2) is 18.6. The smallest absolute Gasteiger partial charge is 0.299 e. The molecule has 0 aliphatic rings. The third kappa shape index (κ3) is 12.6. The molecule has 0 heterocycles. The Balaban J connectivity index is 1.34. The highest BCUT2D eigenvalue weighted by atomic mass is 16.6. The zero-order valence-corrected chi connectivity index (χ0v) is 21.1. The van der Waals surface area contributed by atoms with Crippen LogP contribution in [-0.2, 0) is 23.7 Å². The third-order valence-corrected chi connectivity index (χ3v) is 4.84. The highest BCUT2D eigenvalue weighted by Crippen LogP contribution is 2.28. The lowest BCUT2D eigenvalue weighted by atomic mass is 10.2. The summed E-state index contributed by atoms with van der Waals surface area (Å²) in [5.74, 6) is 0.644. The van der Waals surface area contributed by atoms with E-state index in [9.17, 15) is 20.2 Å². The molecule has 2 aromatic rings. The van der Waals surface area contributed by atoms with Gasteiger partial charge in [-0.15, -0.1) is 0 Å². The number of nitrogens with zero attached hydrogens (tertiary/aromatic N) is 2. The van der Waals surface area contributed by atoms with E-state index >= 15 is 0 Å². The summed E-state index contributed by atoms with van der Waals surface area (Å²) in [6.45, 7) is 4.77. The van der Waals surface area contributed by atoms with E-state index in [-0.39, 0.29) is 23.7 Å². The van der Waals surface area contributed by atoms with Crippen molar-refractivity contribution in [2.75, 3.05) is 90.3 Å². The highest BCUT2D eigenvalue weighted by Gasteiger charge is 2.18. The Hall–Kier alpha value is -3.56. The Bertz CT molecular complexity index is 979. The molecular formula is C24H34N4O10. The third-order valence-electron chi connectivity index (χ3n) is 4.84. The van der Waals surface area contributed by atoms with E-state index in [2.05, 4.69) is 5.32 Å². The fraction of sp³-hybridized carbons (Fsp3) is 0.500. The molecule has 210 valence electrons. The number of ether oxygens (including phenoxy) is 6. The van der Waals surface area contributed by atoms with Gasteiger partial charge in [-0.25, -0.2) is 0 Å². The molecule has 14 heteroatoms. The van der Waals surface area contributed by atoms with Crippen LogP contribution in [0.2, 0.25) is 0 Å². The van der Waals surface area contributed by atoms with Gasteiger partial charge in [-0.1, -0.05) is 12.1 Å². The van der Waals surface area contributed by atoms with Gasteiger partial charge in [-0.3, -0.25) is 20.2 Å². The lowest BCUT2D eigenvalue weighted by Crippen LogP contribution is -2.15. The lowest BCUT2D eigenvalue weighted by molar-refractivity contribution is -0.393. The number of para-hydroxylation sites is 2. The van der Waals surface area contributed by atoms with Crippen molar-refractivity contribution >= 4 is 22.7 Å². The average Bonchev–Trinajstić information content (AvgIpc) is 2.90. The minimum absolute atomic E-state index is 0.188. The van der Waals surface area contributed by atoms with Crippen LogP contribution < -0.4 is 15.8 Å². The Morgan fingerprint density at radius 3 is 1.74 bits per heavy atom. The number of hydrogen-bond acceptors (Lipinski definition) is 12. The molecule has 0 aliphatic carbocycles. The Morgan fingerprint density at radius 1 is 0.684 bits per heavy atom. The first-order chi connectivity index (χ1) is 18.5. The zero-order valence-electron chi connectivity index (χ0n) is 21.1. The van der Waals surface area contributed by atoms with Gasteiger partial charge in [0.1, 0.15) is 18.0 Å². The maximum Gasteiger partial charge on any atom is 0.299 e. The molecule has 0 fully saturated rings. The lowest BCUT2D eigenvalue weighted by Gasteiger charge is -2.10. The summed E-state index contributed by atoms with van der Waals surface area (Å²) in [5, 5.41) is 24.7. The largest absolute Gasteiger partial charge is 0.489 e. The van der Waals surface area contributed by atoms with Crippen molar-refractivity contribution in [3.8, 4) is 5.75 Å². The van der Waals surface area contributed by atoms with Crippen LogP contribution >= 0.6 is 0 Å². The van der Waals surface area contributed by atoms with Gasteiger partial charge >= 0.3 is 0 Å². The number of rotatable bonds is 22. The van der Waals surface area contributed by atoms with Crippen molar-refractivity contribution < 1.29 is 38.3 Å². The van der Waals surface area contributed by atoms with Crippen molar-refractivity contribution in [1.29, 1.82) is 0 Å². The predicted octanol–water partition coefficient (Wildman–Crippen LogP) is 2.66. The number of nitro benzene ring substituents is 2. The second-order valence-corrected chi connectivity index (χ2v) is 7.59. The monoisotopic (exact) mass is 538 g/mol. The SMILES string of the molecule is Nc1ccccc1OCCOCCOCCOCCOCCOCCNc1ccc([N+](=O)[O-])cc1[N+](=O)[O-]. The van der Waals surface area contributed by atoms with E-state index in [0.29, 0.717) is 84.1 Å². The van der Waals surface area contributed by atoms with E-state index in [0.717, 1.165) is 6.07 Å².